The number of aromatic nitrogens is 1. The number of nitrogens with one attached hydrogen (secondary N) is 2. The molecule has 230 valence electrons. The highest BCUT2D eigenvalue weighted by atomic mass is 35.5. The maximum Gasteiger partial charge on any atom is 0.271 e. The van der Waals surface area contributed by atoms with Crippen molar-refractivity contribution in [3.05, 3.63) is 135 Å². The van der Waals surface area contributed by atoms with Crippen molar-refractivity contribution < 1.29 is 14.3 Å². The number of rotatable bonds is 11. The largest absolute Gasteiger partial charge is 0.490 e. The minimum Gasteiger partial charge on any atom is -0.490 e. The van der Waals surface area contributed by atoms with Crippen LogP contribution in [0.5, 0.6) is 11.5 Å². The van der Waals surface area contributed by atoms with Crippen LogP contribution in [0.3, 0.4) is 0 Å². The van der Waals surface area contributed by atoms with E-state index in [9.17, 15) is 4.79 Å². The quantitative estimate of drug-likeness (QED) is 0.106. The number of thiazole rings is 1. The van der Waals surface area contributed by atoms with Gasteiger partial charge in [-0.25, -0.2) is 10.4 Å². The summed E-state index contributed by atoms with van der Waals surface area (Å²) in [4.78, 5) is 17.4. The molecule has 5 aromatic carbocycles. The molecule has 46 heavy (non-hydrogen) atoms. The fourth-order valence-electron chi connectivity index (χ4n) is 4.78. The number of halogens is 2. The van der Waals surface area contributed by atoms with Crippen LogP contribution in [0.15, 0.2) is 114 Å². The summed E-state index contributed by atoms with van der Waals surface area (Å²) in [5.41, 5.74) is 7.31. The second-order valence-electron chi connectivity index (χ2n) is 10.1. The maximum atomic E-state index is 12.8. The van der Waals surface area contributed by atoms with E-state index in [2.05, 4.69) is 39.0 Å². The third kappa shape index (κ3) is 7.49. The number of carbonyl (C=O) groups excluding carboxylic acids is 1. The maximum absolute atomic E-state index is 12.8. The van der Waals surface area contributed by atoms with Crippen molar-refractivity contribution in [3.8, 4) is 22.8 Å². The zero-order valence-electron chi connectivity index (χ0n) is 24.7. The van der Waals surface area contributed by atoms with Crippen molar-refractivity contribution in [3.63, 3.8) is 0 Å². The van der Waals surface area contributed by atoms with Gasteiger partial charge in [-0.1, -0.05) is 77.8 Å². The summed E-state index contributed by atoms with van der Waals surface area (Å²) < 4.78 is 12.0. The Morgan fingerprint density at radius 2 is 1.72 bits per heavy atom. The number of hydrogen-bond donors (Lipinski definition) is 2. The van der Waals surface area contributed by atoms with Gasteiger partial charge in [-0.15, -0.1) is 11.3 Å². The van der Waals surface area contributed by atoms with Crippen molar-refractivity contribution >= 4 is 68.3 Å². The third-order valence-electron chi connectivity index (χ3n) is 7.01. The number of hydrogen-bond acceptors (Lipinski definition) is 7. The molecule has 0 spiro atoms. The Kier molecular flexibility index (Phi) is 9.79. The number of anilines is 2. The lowest BCUT2D eigenvalue weighted by Crippen LogP contribution is -2.17. The molecule has 10 heteroatoms. The molecule has 7 nitrogen and oxygen atoms in total. The minimum atomic E-state index is -0.350. The minimum absolute atomic E-state index is 0.327. The number of ether oxygens (including phenoxy) is 2. The predicted octanol–water partition coefficient (Wildman–Crippen LogP) is 9.76. The molecule has 0 fully saturated rings. The Morgan fingerprint density at radius 1 is 0.935 bits per heavy atom. The Labute approximate surface area is 280 Å². The highest BCUT2D eigenvalue weighted by Gasteiger charge is 2.14. The molecule has 1 heterocycles. The summed E-state index contributed by atoms with van der Waals surface area (Å²) in [7, 11) is 0. The normalized spacial score (nSPS) is 11.1. The molecule has 6 aromatic rings. The summed E-state index contributed by atoms with van der Waals surface area (Å²) in [6.07, 6.45) is 1.51. The number of fused-ring (bicyclic) bond motifs is 1. The molecular formula is C36H28Cl2N4O3S. The van der Waals surface area contributed by atoms with E-state index in [0.717, 1.165) is 38.4 Å². The Bertz CT molecular complexity index is 2010. The zero-order chi connectivity index (χ0) is 31.9. The van der Waals surface area contributed by atoms with Crippen LogP contribution < -0.4 is 20.2 Å². The van der Waals surface area contributed by atoms with E-state index in [1.807, 2.05) is 73.0 Å². The first-order chi connectivity index (χ1) is 22.5. The molecule has 6 rings (SSSR count). The van der Waals surface area contributed by atoms with Crippen LogP contribution in [-0.4, -0.2) is 23.7 Å². The summed E-state index contributed by atoms with van der Waals surface area (Å²) >= 11 is 14.1. The van der Waals surface area contributed by atoms with Crippen LogP contribution in [0.2, 0.25) is 10.0 Å². The number of amides is 1. The van der Waals surface area contributed by atoms with Gasteiger partial charge in [-0.05, 0) is 77.4 Å². The highest BCUT2D eigenvalue weighted by Crippen LogP contribution is 2.37. The van der Waals surface area contributed by atoms with E-state index in [-0.39, 0.29) is 5.91 Å². The smallest absolute Gasteiger partial charge is 0.271 e. The number of hydrazone groups is 1. The molecule has 0 aliphatic rings. The average molecular weight is 668 g/mol. The molecule has 1 amide bonds. The Morgan fingerprint density at radius 3 is 2.52 bits per heavy atom. The van der Waals surface area contributed by atoms with Gasteiger partial charge >= 0.3 is 0 Å². The first-order valence-corrected chi connectivity index (χ1v) is 16.1. The molecule has 0 unspecified atom stereocenters. The molecule has 0 saturated heterocycles. The zero-order valence-corrected chi connectivity index (χ0v) is 27.0. The van der Waals surface area contributed by atoms with Crippen molar-refractivity contribution in [1.82, 2.24) is 10.4 Å². The molecule has 0 bridgehead atoms. The van der Waals surface area contributed by atoms with E-state index in [0.29, 0.717) is 45.9 Å². The van der Waals surface area contributed by atoms with E-state index in [1.165, 1.54) is 17.6 Å². The van der Waals surface area contributed by atoms with E-state index in [1.54, 1.807) is 24.3 Å². The lowest BCUT2D eigenvalue weighted by atomic mass is 10.1. The first kappa shape index (κ1) is 31.1. The second-order valence-corrected chi connectivity index (χ2v) is 11.8. The third-order valence-corrected chi connectivity index (χ3v) is 8.30. The molecule has 1 aromatic heterocycles. The predicted molar refractivity (Wildman–Crippen MR) is 188 cm³/mol. The number of benzene rings is 5. The standard InChI is InChI=1S/C36H28Cl2N4O3S/c1-2-44-33-19-23(18-31(38)34(33)45-21-27-8-5-7-24-6-3-4-9-30(24)27)20-39-42-35(43)26-12-10-25(11-13-26)32-22-46-36(41-32)40-29-16-14-28(37)15-17-29/h3-20,22H,2,21H2,1H3,(H,40,41)(H,42,43)/b39-20-. The van der Waals surface area contributed by atoms with Crippen LogP contribution in [-0.2, 0) is 6.61 Å². The van der Waals surface area contributed by atoms with E-state index < -0.39 is 0 Å². The average Bonchev–Trinajstić information content (AvgIpc) is 3.54. The Hall–Kier alpha value is -4.89. The van der Waals surface area contributed by atoms with E-state index in [4.69, 9.17) is 32.7 Å². The molecule has 0 saturated carbocycles. The molecule has 2 N–H and O–H groups in total. The monoisotopic (exact) mass is 666 g/mol. The molecule has 0 radical (unpaired) electrons. The van der Waals surface area contributed by atoms with Crippen LogP contribution in [0.4, 0.5) is 10.8 Å². The van der Waals surface area contributed by atoms with Gasteiger partial charge in [0.2, 0.25) is 0 Å². The van der Waals surface area contributed by atoms with Gasteiger partial charge < -0.3 is 14.8 Å². The fourth-order valence-corrected chi connectivity index (χ4v) is 5.92. The molecular weight excluding hydrogens is 639 g/mol. The van der Waals surface area contributed by atoms with Crippen molar-refractivity contribution in [2.45, 2.75) is 13.5 Å². The topological polar surface area (TPSA) is 84.8 Å². The van der Waals surface area contributed by atoms with Crippen molar-refractivity contribution in [2.75, 3.05) is 11.9 Å². The summed E-state index contributed by atoms with van der Waals surface area (Å²) in [6, 6.07) is 32.4. The van der Waals surface area contributed by atoms with Crippen LogP contribution in [0.25, 0.3) is 22.0 Å². The van der Waals surface area contributed by atoms with Crippen LogP contribution in [0.1, 0.15) is 28.4 Å². The lowest BCUT2D eigenvalue weighted by molar-refractivity contribution is 0.0955. The number of carbonyl (C=O) groups is 1. The van der Waals surface area contributed by atoms with E-state index >= 15 is 0 Å². The van der Waals surface area contributed by atoms with Gasteiger partial charge in [0.1, 0.15) is 6.61 Å². The van der Waals surface area contributed by atoms with Crippen LogP contribution in [0, 0.1) is 0 Å². The van der Waals surface area contributed by atoms with Gasteiger partial charge in [0.25, 0.3) is 5.91 Å². The van der Waals surface area contributed by atoms with Crippen molar-refractivity contribution in [2.24, 2.45) is 5.10 Å². The van der Waals surface area contributed by atoms with Gasteiger partial charge in [0.15, 0.2) is 16.6 Å². The highest BCUT2D eigenvalue weighted by molar-refractivity contribution is 7.14. The van der Waals surface area contributed by atoms with Gasteiger partial charge in [0.05, 0.1) is 23.5 Å². The second kappa shape index (κ2) is 14.5. The summed E-state index contributed by atoms with van der Waals surface area (Å²) in [6.45, 7) is 2.64. The van der Waals surface area contributed by atoms with Crippen LogP contribution >= 0.6 is 34.5 Å². The molecule has 0 atom stereocenters. The molecule has 0 aliphatic heterocycles. The van der Waals surface area contributed by atoms with Gasteiger partial charge in [-0.2, -0.15) is 5.10 Å². The first-order valence-electron chi connectivity index (χ1n) is 14.4. The SMILES string of the molecule is CCOc1cc(/C=N\NC(=O)c2ccc(-c3csc(Nc4ccc(Cl)cc4)n3)cc2)cc(Cl)c1OCc1cccc2ccccc12. The fraction of sp³-hybridized carbons (Fsp3) is 0.0833. The Balaban J connectivity index is 1.08. The lowest BCUT2D eigenvalue weighted by Gasteiger charge is -2.15. The van der Waals surface area contributed by atoms with Gasteiger partial charge in [-0.3, -0.25) is 4.79 Å². The van der Waals surface area contributed by atoms with Crippen molar-refractivity contribution in [1.29, 1.82) is 0 Å². The summed E-state index contributed by atoms with van der Waals surface area (Å²) in [5, 5.41) is 13.4. The van der Waals surface area contributed by atoms with Gasteiger partial charge in [0, 0.05) is 27.2 Å². The summed E-state index contributed by atoms with van der Waals surface area (Å²) in [5.74, 6) is 0.593. The molecule has 0 aliphatic carbocycles. The number of nitrogens with zero attached hydrogens (tertiary/aromatic N) is 2.